The fraction of sp³-hybridized carbons (Fsp3) is 0.222. The van der Waals surface area contributed by atoms with E-state index < -0.39 is 11.6 Å². The molecule has 0 saturated carbocycles. The Morgan fingerprint density at radius 1 is 1.21 bits per heavy atom. The molecule has 0 amide bonds. The monoisotopic (exact) mass is 536 g/mol. The molecule has 196 valence electrons. The number of hydrogen-bond donors (Lipinski definition) is 3. The van der Waals surface area contributed by atoms with Crippen LogP contribution in [-0.2, 0) is 16.0 Å². The summed E-state index contributed by atoms with van der Waals surface area (Å²) < 4.78 is 44.1. The number of benzene rings is 1. The van der Waals surface area contributed by atoms with E-state index in [1.807, 2.05) is 41.6 Å². The molecular weight excluding hydrogens is 510 g/mol. The highest BCUT2D eigenvalue weighted by Crippen LogP contribution is 2.31. The molecule has 11 heteroatoms. The highest BCUT2D eigenvalue weighted by Gasteiger charge is 2.17. The Balaban J connectivity index is 1.40. The molecule has 2 aromatic heterocycles. The van der Waals surface area contributed by atoms with E-state index in [9.17, 15) is 8.78 Å². The normalized spacial score (nSPS) is 18.5. The zero-order valence-corrected chi connectivity index (χ0v) is 21.4. The maximum atomic E-state index is 14.5. The smallest absolute Gasteiger partial charge is 0.152 e. The molecule has 0 bridgehead atoms. The number of hydrogen-bond acceptors (Lipinski definition) is 8. The van der Waals surface area contributed by atoms with Crippen molar-refractivity contribution >= 4 is 35.0 Å². The van der Waals surface area contributed by atoms with Gasteiger partial charge in [-0.1, -0.05) is 18.0 Å². The van der Waals surface area contributed by atoms with Crippen LogP contribution in [0, 0.1) is 17.0 Å². The number of aromatic nitrogens is 3. The molecule has 2 aliphatic rings. The van der Waals surface area contributed by atoms with Crippen LogP contribution in [0.3, 0.4) is 0 Å². The molecule has 5 rings (SSSR count). The molecule has 3 aromatic rings. The van der Waals surface area contributed by atoms with Gasteiger partial charge in [0.25, 0.3) is 0 Å². The fourth-order valence-electron chi connectivity index (χ4n) is 4.28. The predicted molar refractivity (Wildman–Crippen MR) is 145 cm³/mol. The summed E-state index contributed by atoms with van der Waals surface area (Å²) in [5, 5.41) is 15.8. The van der Waals surface area contributed by atoms with Crippen molar-refractivity contribution in [1.29, 1.82) is 5.41 Å². The Morgan fingerprint density at radius 3 is 2.82 bits per heavy atom. The van der Waals surface area contributed by atoms with Gasteiger partial charge >= 0.3 is 0 Å². The van der Waals surface area contributed by atoms with Crippen LogP contribution < -0.4 is 10.0 Å². The molecule has 8 nitrogen and oxygen atoms in total. The van der Waals surface area contributed by atoms with E-state index in [2.05, 4.69) is 20.1 Å². The lowest BCUT2D eigenvalue weighted by atomic mass is 9.97. The van der Waals surface area contributed by atoms with Gasteiger partial charge < -0.3 is 24.9 Å². The van der Waals surface area contributed by atoms with Crippen LogP contribution in [0.25, 0.3) is 22.4 Å². The maximum Gasteiger partial charge on any atom is 0.152 e. The van der Waals surface area contributed by atoms with Gasteiger partial charge in [-0.3, -0.25) is 9.67 Å². The van der Waals surface area contributed by atoms with Crippen LogP contribution in [0.15, 0.2) is 66.9 Å². The van der Waals surface area contributed by atoms with Crippen molar-refractivity contribution in [3.05, 3.63) is 89.7 Å². The van der Waals surface area contributed by atoms with Gasteiger partial charge in [-0.25, -0.2) is 8.78 Å². The average molecular weight is 537 g/mol. The van der Waals surface area contributed by atoms with Crippen LogP contribution in [0.2, 0.25) is 0 Å². The van der Waals surface area contributed by atoms with Crippen LogP contribution >= 0.6 is 11.9 Å². The van der Waals surface area contributed by atoms with E-state index in [0.717, 1.165) is 23.4 Å². The first-order valence-corrected chi connectivity index (χ1v) is 13.1. The summed E-state index contributed by atoms with van der Waals surface area (Å²) in [5.74, 6) is -1.50. The molecule has 1 saturated heterocycles. The summed E-state index contributed by atoms with van der Waals surface area (Å²) >= 11 is 1.38. The SMILES string of the molecule is CSNc1cc(/C(C=N)=C2\C=CC(c3cnn(CC4COCCO4)c3)=CN2)cc(-c2ncc(F)cc2F)c1. The largest absolute Gasteiger partial charge is 0.376 e. The minimum atomic E-state index is -0.757. The van der Waals surface area contributed by atoms with Crippen LogP contribution in [0.5, 0.6) is 0 Å². The molecular formula is C27H26F2N6O2S. The third-order valence-electron chi connectivity index (χ3n) is 6.03. The van der Waals surface area contributed by atoms with Gasteiger partial charge in [0.2, 0.25) is 0 Å². The zero-order valence-electron chi connectivity index (χ0n) is 20.6. The van der Waals surface area contributed by atoms with Crippen molar-refractivity contribution in [3.8, 4) is 11.3 Å². The van der Waals surface area contributed by atoms with Crippen molar-refractivity contribution in [2.75, 3.05) is 30.8 Å². The Kier molecular flexibility index (Phi) is 7.97. The molecule has 3 N–H and O–H groups in total. The Hall–Kier alpha value is -3.80. The molecule has 1 aromatic carbocycles. The van der Waals surface area contributed by atoms with Crippen LogP contribution in [0.4, 0.5) is 14.5 Å². The van der Waals surface area contributed by atoms with E-state index >= 15 is 0 Å². The summed E-state index contributed by atoms with van der Waals surface area (Å²) in [6, 6.07) is 6.14. The number of pyridine rings is 1. The lowest BCUT2D eigenvalue weighted by Gasteiger charge is -2.22. The molecule has 1 unspecified atom stereocenters. The van der Waals surface area contributed by atoms with E-state index in [0.29, 0.717) is 54.4 Å². The van der Waals surface area contributed by atoms with Gasteiger partial charge in [-0.15, -0.1) is 0 Å². The van der Waals surface area contributed by atoms with Gasteiger partial charge in [-0.2, -0.15) is 5.10 Å². The second-order valence-corrected chi connectivity index (χ2v) is 9.27. The lowest BCUT2D eigenvalue weighted by molar-refractivity contribution is -0.0946. The molecule has 0 radical (unpaired) electrons. The number of rotatable bonds is 8. The second-order valence-electron chi connectivity index (χ2n) is 8.66. The van der Waals surface area contributed by atoms with Crippen molar-refractivity contribution in [2.45, 2.75) is 12.6 Å². The Morgan fingerprint density at radius 2 is 2.11 bits per heavy atom. The highest BCUT2D eigenvalue weighted by atomic mass is 32.2. The number of ether oxygens (including phenoxy) is 2. The second kappa shape index (κ2) is 11.7. The predicted octanol–water partition coefficient (Wildman–Crippen LogP) is 4.89. The average Bonchev–Trinajstić information content (AvgIpc) is 3.38. The van der Waals surface area contributed by atoms with Gasteiger partial charge in [-0.05, 0) is 29.8 Å². The summed E-state index contributed by atoms with van der Waals surface area (Å²) in [6.45, 7) is 2.38. The van der Waals surface area contributed by atoms with Crippen LogP contribution in [0.1, 0.15) is 11.1 Å². The molecule has 1 atom stereocenters. The first kappa shape index (κ1) is 25.8. The maximum absolute atomic E-state index is 14.5. The molecule has 1 fully saturated rings. The van der Waals surface area contributed by atoms with E-state index in [-0.39, 0.29) is 11.8 Å². The summed E-state index contributed by atoms with van der Waals surface area (Å²) in [4.78, 5) is 3.95. The molecule has 0 aliphatic carbocycles. The number of nitrogens with zero attached hydrogens (tertiary/aromatic N) is 3. The first-order chi connectivity index (χ1) is 18.5. The number of halogens is 2. The first-order valence-electron chi connectivity index (χ1n) is 11.9. The number of nitrogens with one attached hydrogen (secondary N) is 3. The third-order valence-corrected chi connectivity index (χ3v) is 6.47. The Bertz CT molecular complexity index is 1430. The van der Waals surface area contributed by atoms with Crippen LogP contribution in [-0.4, -0.2) is 53.2 Å². The third kappa shape index (κ3) is 5.85. The summed E-state index contributed by atoms with van der Waals surface area (Å²) in [6.07, 6.45) is 13.5. The van der Waals surface area contributed by atoms with Gasteiger partial charge in [0.05, 0.1) is 38.8 Å². The Labute approximate surface area is 223 Å². The molecule has 2 aliphatic heterocycles. The van der Waals surface area contributed by atoms with Crippen molar-refractivity contribution in [2.24, 2.45) is 0 Å². The summed E-state index contributed by atoms with van der Waals surface area (Å²) in [7, 11) is 0. The zero-order chi connectivity index (χ0) is 26.5. The summed E-state index contributed by atoms with van der Waals surface area (Å²) in [5.41, 5.74) is 5.03. The molecule has 0 spiro atoms. The van der Waals surface area contributed by atoms with Crippen molar-refractivity contribution in [3.63, 3.8) is 0 Å². The topological polar surface area (TPSA) is 97.1 Å². The molecule has 38 heavy (non-hydrogen) atoms. The highest BCUT2D eigenvalue weighted by molar-refractivity contribution is 7.99. The van der Waals surface area contributed by atoms with Gasteiger partial charge in [0, 0.05) is 64.6 Å². The minimum absolute atomic E-state index is 0.0185. The number of dihydropyridines is 1. The van der Waals surface area contributed by atoms with E-state index in [1.54, 1.807) is 18.3 Å². The van der Waals surface area contributed by atoms with E-state index in [1.165, 1.54) is 18.2 Å². The van der Waals surface area contributed by atoms with Gasteiger partial charge in [0.15, 0.2) is 5.82 Å². The fourth-order valence-corrected chi connectivity index (χ4v) is 4.63. The van der Waals surface area contributed by atoms with Crippen molar-refractivity contribution < 1.29 is 18.3 Å². The van der Waals surface area contributed by atoms with E-state index in [4.69, 9.17) is 14.9 Å². The molecule has 4 heterocycles. The number of allylic oxidation sites excluding steroid dienone is 4. The lowest BCUT2D eigenvalue weighted by Crippen LogP contribution is -2.32. The quantitative estimate of drug-likeness (QED) is 0.279. The number of anilines is 1. The minimum Gasteiger partial charge on any atom is -0.376 e. The standard InChI is InChI=1S/C27H26F2N6O2S/c1-38-34-22-7-18(6-19(8-22)27-25(29)9-21(28)13-32-27)24(10-30)26-3-2-17(11-31-26)20-12-33-35(14-20)15-23-16-36-4-5-37-23/h2-3,6-14,23,30-31,34H,4-5,15-16H2,1H3/b26-24+,30-10?. The van der Waals surface area contributed by atoms with Gasteiger partial charge in [0.1, 0.15) is 17.6 Å². The van der Waals surface area contributed by atoms with Crippen molar-refractivity contribution in [1.82, 2.24) is 20.1 Å².